The van der Waals surface area contributed by atoms with Gasteiger partial charge in [-0.25, -0.2) is 0 Å². The summed E-state index contributed by atoms with van der Waals surface area (Å²) >= 11 is 0. The number of piperidine rings is 1. The number of hydrogen-bond acceptors (Lipinski definition) is 3. The molecule has 130 valence electrons. The molecule has 1 fully saturated rings. The number of carbonyl (C=O) groups excluding carboxylic acids is 1. The van der Waals surface area contributed by atoms with Crippen LogP contribution in [-0.2, 0) is 11.3 Å². The molecule has 1 aromatic rings. The maximum Gasteiger partial charge on any atom is 0.236 e. The highest BCUT2D eigenvalue weighted by Crippen LogP contribution is 2.19. The Kier molecular flexibility index (Phi) is 8.03. The molecule has 5 heteroatoms. The minimum absolute atomic E-state index is 0. The van der Waals surface area contributed by atoms with E-state index in [1.54, 1.807) is 0 Å². The molecule has 1 unspecified atom stereocenters. The van der Waals surface area contributed by atoms with Crippen LogP contribution >= 0.6 is 12.4 Å². The highest BCUT2D eigenvalue weighted by molar-refractivity contribution is 5.85. The Labute approximate surface area is 146 Å². The van der Waals surface area contributed by atoms with Crippen molar-refractivity contribution in [1.29, 1.82) is 0 Å². The fourth-order valence-electron chi connectivity index (χ4n) is 3.08. The van der Waals surface area contributed by atoms with Gasteiger partial charge in [-0.2, -0.15) is 0 Å². The number of nitrogens with two attached hydrogens (primary N) is 1. The van der Waals surface area contributed by atoms with Crippen LogP contribution in [0.5, 0.6) is 0 Å². The zero-order chi connectivity index (χ0) is 16.1. The number of nitrogens with zero attached hydrogens (tertiary/aromatic N) is 2. The van der Waals surface area contributed by atoms with Crippen LogP contribution in [0.4, 0.5) is 0 Å². The van der Waals surface area contributed by atoms with Crippen LogP contribution < -0.4 is 5.73 Å². The third-order valence-corrected chi connectivity index (χ3v) is 4.83. The number of carbonyl (C=O) groups is 1. The van der Waals surface area contributed by atoms with Gasteiger partial charge in [0.1, 0.15) is 0 Å². The van der Waals surface area contributed by atoms with Crippen molar-refractivity contribution in [2.75, 3.05) is 26.7 Å². The lowest BCUT2D eigenvalue weighted by atomic mass is 9.91. The van der Waals surface area contributed by atoms with Crippen LogP contribution in [0.2, 0.25) is 0 Å². The lowest BCUT2D eigenvalue weighted by molar-refractivity contribution is -0.132. The second-order valence-electron chi connectivity index (χ2n) is 6.65. The Morgan fingerprint density at radius 3 is 2.52 bits per heavy atom. The van der Waals surface area contributed by atoms with E-state index in [0.717, 1.165) is 25.9 Å². The fraction of sp³-hybridized carbons (Fsp3) is 0.611. The summed E-state index contributed by atoms with van der Waals surface area (Å²) in [7, 11) is 1.89. The molecule has 1 saturated heterocycles. The lowest BCUT2D eigenvalue weighted by Gasteiger charge is -2.34. The quantitative estimate of drug-likeness (QED) is 0.896. The number of hydrogen-bond donors (Lipinski definition) is 1. The van der Waals surface area contributed by atoms with E-state index in [1.807, 2.05) is 24.1 Å². The Balaban J connectivity index is 0.00000264. The molecule has 1 aliphatic rings. The summed E-state index contributed by atoms with van der Waals surface area (Å²) in [6.07, 6.45) is 2.21. The average Bonchev–Trinajstić information content (AvgIpc) is 2.50. The average molecular weight is 340 g/mol. The molecule has 4 nitrogen and oxygen atoms in total. The fourth-order valence-corrected chi connectivity index (χ4v) is 3.08. The van der Waals surface area contributed by atoms with Crippen molar-refractivity contribution in [1.82, 2.24) is 9.80 Å². The summed E-state index contributed by atoms with van der Waals surface area (Å²) in [5, 5.41) is 0. The molecule has 0 aliphatic carbocycles. The lowest BCUT2D eigenvalue weighted by Crippen LogP contribution is -2.44. The van der Waals surface area contributed by atoms with Gasteiger partial charge in [0.15, 0.2) is 0 Å². The van der Waals surface area contributed by atoms with Crippen molar-refractivity contribution in [2.45, 2.75) is 39.3 Å². The van der Waals surface area contributed by atoms with Gasteiger partial charge in [-0.3, -0.25) is 9.69 Å². The summed E-state index contributed by atoms with van der Waals surface area (Å²) in [5.41, 5.74) is 8.42. The summed E-state index contributed by atoms with van der Waals surface area (Å²) < 4.78 is 0. The first-order chi connectivity index (χ1) is 10.5. The molecule has 1 amide bonds. The van der Waals surface area contributed by atoms with Crippen molar-refractivity contribution >= 4 is 18.3 Å². The summed E-state index contributed by atoms with van der Waals surface area (Å²) in [5.74, 6) is 0.804. The van der Waals surface area contributed by atoms with Gasteiger partial charge in [0.25, 0.3) is 0 Å². The van der Waals surface area contributed by atoms with E-state index < -0.39 is 0 Å². The molecule has 0 radical (unpaired) electrons. The number of halogens is 1. The third-order valence-electron chi connectivity index (χ3n) is 4.83. The predicted octanol–water partition coefficient (Wildman–Crippen LogP) is 2.43. The number of rotatable bonds is 5. The molecular formula is C18H30ClN3O. The first kappa shape index (κ1) is 19.9. The summed E-state index contributed by atoms with van der Waals surface area (Å²) in [6.45, 7) is 7.34. The van der Waals surface area contributed by atoms with Crippen LogP contribution in [0.15, 0.2) is 24.3 Å². The van der Waals surface area contributed by atoms with E-state index in [9.17, 15) is 4.79 Å². The van der Waals surface area contributed by atoms with Crippen molar-refractivity contribution in [3.63, 3.8) is 0 Å². The smallest absolute Gasteiger partial charge is 0.236 e. The molecule has 23 heavy (non-hydrogen) atoms. The van der Waals surface area contributed by atoms with Crippen LogP contribution in [0, 0.1) is 12.8 Å². The molecular weight excluding hydrogens is 310 g/mol. The second kappa shape index (κ2) is 9.26. The summed E-state index contributed by atoms with van der Waals surface area (Å²) in [4.78, 5) is 16.5. The maximum absolute atomic E-state index is 12.4. The van der Waals surface area contributed by atoms with E-state index in [-0.39, 0.29) is 24.4 Å². The van der Waals surface area contributed by atoms with E-state index >= 15 is 0 Å². The van der Waals surface area contributed by atoms with Crippen molar-refractivity contribution < 1.29 is 4.79 Å². The van der Waals surface area contributed by atoms with Crippen LogP contribution in [0.25, 0.3) is 0 Å². The number of amides is 1. The molecule has 2 N–H and O–H groups in total. The van der Waals surface area contributed by atoms with Crippen molar-refractivity contribution in [3.8, 4) is 0 Å². The molecule has 0 aromatic heterocycles. The maximum atomic E-state index is 12.4. The number of benzene rings is 1. The van der Waals surface area contributed by atoms with Crippen LogP contribution in [0.1, 0.15) is 30.9 Å². The van der Waals surface area contributed by atoms with E-state index in [4.69, 9.17) is 5.73 Å². The second-order valence-corrected chi connectivity index (χ2v) is 6.65. The molecule has 1 aromatic carbocycles. The number of aryl methyl sites for hydroxylation is 1. The Morgan fingerprint density at radius 2 is 1.96 bits per heavy atom. The van der Waals surface area contributed by atoms with Gasteiger partial charge < -0.3 is 10.6 Å². The Hall–Kier alpha value is -1.10. The van der Waals surface area contributed by atoms with Gasteiger partial charge in [0.05, 0.1) is 6.54 Å². The first-order valence-electron chi connectivity index (χ1n) is 8.23. The predicted molar refractivity (Wildman–Crippen MR) is 97.7 cm³/mol. The SMILES string of the molecule is Cc1ccccc1CN(C)C(=O)CN1CCC(C(C)N)CC1.Cl. The molecule has 0 spiro atoms. The molecule has 0 bridgehead atoms. The van der Waals surface area contributed by atoms with Gasteiger partial charge in [-0.1, -0.05) is 24.3 Å². The van der Waals surface area contributed by atoms with Crippen LogP contribution in [-0.4, -0.2) is 48.4 Å². The topological polar surface area (TPSA) is 49.6 Å². The highest BCUT2D eigenvalue weighted by Gasteiger charge is 2.24. The van der Waals surface area contributed by atoms with Gasteiger partial charge in [-0.15, -0.1) is 12.4 Å². The molecule has 1 atom stereocenters. The largest absolute Gasteiger partial charge is 0.340 e. The van der Waals surface area contributed by atoms with Gasteiger partial charge in [0.2, 0.25) is 5.91 Å². The van der Waals surface area contributed by atoms with E-state index in [1.165, 1.54) is 11.1 Å². The first-order valence-corrected chi connectivity index (χ1v) is 8.23. The normalized spacial score (nSPS) is 17.4. The summed E-state index contributed by atoms with van der Waals surface area (Å²) in [6, 6.07) is 8.50. The van der Waals surface area contributed by atoms with Crippen molar-refractivity contribution in [2.24, 2.45) is 11.7 Å². The highest BCUT2D eigenvalue weighted by atomic mass is 35.5. The molecule has 1 aliphatic heterocycles. The zero-order valence-electron chi connectivity index (χ0n) is 14.5. The monoisotopic (exact) mass is 339 g/mol. The molecule has 1 heterocycles. The molecule has 0 saturated carbocycles. The van der Waals surface area contributed by atoms with E-state index in [2.05, 4.69) is 30.9 Å². The van der Waals surface area contributed by atoms with Gasteiger partial charge in [0, 0.05) is 19.6 Å². The van der Waals surface area contributed by atoms with Gasteiger partial charge >= 0.3 is 0 Å². The minimum Gasteiger partial charge on any atom is -0.340 e. The van der Waals surface area contributed by atoms with Crippen LogP contribution in [0.3, 0.4) is 0 Å². The van der Waals surface area contributed by atoms with Crippen molar-refractivity contribution in [3.05, 3.63) is 35.4 Å². The third kappa shape index (κ3) is 5.79. The standard InChI is InChI=1S/C18H29N3O.ClH/c1-14-6-4-5-7-17(14)12-20(3)18(22)13-21-10-8-16(9-11-21)15(2)19;/h4-7,15-16H,8-13,19H2,1-3H3;1H. The Bertz CT molecular complexity index is 499. The minimum atomic E-state index is 0. The number of likely N-dealkylation sites (tertiary alicyclic amines) is 1. The number of likely N-dealkylation sites (N-methyl/N-ethyl adjacent to an activating group) is 1. The molecule has 2 rings (SSSR count). The Morgan fingerprint density at radius 1 is 1.35 bits per heavy atom. The van der Waals surface area contributed by atoms with E-state index in [0.29, 0.717) is 19.0 Å². The zero-order valence-corrected chi connectivity index (χ0v) is 15.3. The van der Waals surface area contributed by atoms with Gasteiger partial charge in [-0.05, 0) is 56.8 Å².